The van der Waals surface area contributed by atoms with Gasteiger partial charge in [0.1, 0.15) is 0 Å². The molecule has 1 nitrogen and oxygen atoms in total. The van der Waals surface area contributed by atoms with E-state index in [9.17, 15) is 0 Å². The van der Waals surface area contributed by atoms with E-state index in [1.807, 2.05) is 14.1 Å². The van der Waals surface area contributed by atoms with Crippen molar-refractivity contribution in [2.75, 3.05) is 19.0 Å². The maximum absolute atomic E-state index is 5.82. The van der Waals surface area contributed by atoms with Crippen LogP contribution >= 0.6 is 11.6 Å². The van der Waals surface area contributed by atoms with Gasteiger partial charge < -0.3 is 4.90 Å². The van der Waals surface area contributed by atoms with Crippen LogP contribution in [-0.2, 0) is 5.88 Å². The van der Waals surface area contributed by atoms with Gasteiger partial charge in [-0.2, -0.15) is 0 Å². The van der Waals surface area contributed by atoms with E-state index >= 15 is 0 Å². The van der Waals surface area contributed by atoms with Crippen LogP contribution in [0.15, 0.2) is 18.2 Å². The summed E-state index contributed by atoms with van der Waals surface area (Å²) in [6, 6.07) is 6.33. The Labute approximate surface area is 79.0 Å². The number of hydrogen-bond donors (Lipinski definition) is 0. The number of anilines is 1. The molecule has 0 bridgehead atoms. The molecule has 0 atom stereocenters. The third kappa shape index (κ3) is 1.92. The van der Waals surface area contributed by atoms with Crippen molar-refractivity contribution in [3.05, 3.63) is 29.3 Å². The minimum atomic E-state index is 0.579. The van der Waals surface area contributed by atoms with Gasteiger partial charge in [0.2, 0.25) is 0 Å². The summed E-state index contributed by atoms with van der Waals surface area (Å²) in [4.78, 5) is 2.08. The SMILES string of the molecule is Cc1ccc(N(C)C)c(CCl)c1. The lowest BCUT2D eigenvalue weighted by Crippen LogP contribution is -2.10. The van der Waals surface area contributed by atoms with Crippen molar-refractivity contribution in [3.63, 3.8) is 0 Å². The molecule has 1 aromatic rings. The maximum atomic E-state index is 5.82. The molecule has 0 amide bonds. The van der Waals surface area contributed by atoms with Gasteiger partial charge >= 0.3 is 0 Å². The fourth-order valence-corrected chi connectivity index (χ4v) is 1.47. The highest BCUT2D eigenvalue weighted by Crippen LogP contribution is 2.21. The minimum Gasteiger partial charge on any atom is -0.377 e. The molecule has 0 heterocycles. The van der Waals surface area contributed by atoms with E-state index < -0.39 is 0 Å². The Kier molecular flexibility index (Phi) is 2.99. The van der Waals surface area contributed by atoms with Gasteiger partial charge in [-0.25, -0.2) is 0 Å². The van der Waals surface area contributed by atoms with Crippen LogP contribution in [0, 0.1) is 6.92 Å². The van der Waals surface area contributed by atoms with Crippen LogP contribution in [0.3, 0.4) is 0 Å². The van der Waals surface area contributed by atoms with Crippen molar-refractivity contribution in [1.82, 2.24) is 0 Å². The van der Waals surface area contributed by atoms with Crippen molar-refractivity contribution in [2.45, 2.75) is 12.8 Å². The summed E-state index contributed by atoms with van der Waals surface area (Å²) in [7, 11) is 4.06. The summed E-state index contributed by atoms with van der Waals surface area (Å²) < 4.78 is 0. The summed E-state index contributed by atoms with van der Waals surface area (Å²) in [6.45, 7) is 2.08. The molecule has 12 heavy (non-hydrogen) atoms. The normalized spacial score (nSPS) is 10.0. The molecular weight excluding hydrogens is 170 g/mol. The molecule has 0 aromatic heterocycles. The molecular formula is C10H14ClN. The third-order valence-electron chi connectivity index (χ3n) is 1.86. The molecule has 1 rings (SSSR count). The predicted octanol–water partition coefficient (Wildman–Crippen LogP) is 2.80. The Morgan fingerprint density at radius 3 is 2.50 bits per heavy atom. The van der Waals surface area contributed by atoms with E-state index in [2.05, 4.69) is 30.0 Å². The quantitative estimate of drug-likeness (QED) is 0.638. The van der Waals surface area contributed by atoms with Gasteiger partial charge in [0.25, 0.3) is 0 Å². The molecule has 0 saturated carbocycles. The molecule has 0 N–H and O–H groups in total. The summed E-state index contributed by atoms with van der Waals surface area (Å²) in [5.74, 6) is 0.579. The van der Waals surface area contributed by atoms with Crippen molar-refractivity contribution in [3.8, 4) is 0 Å². The lowest BCUT2D eigenvalue weighted by atomic mass is 10.1. The second-order valence-electron chi connectivity index (χ2n) is 3.16. The average Bonchev–Trinajstić information content (AvgIpc) is 2.03. The summed E-state index contributed by atoms with van der Waals surface area (Å²) >= 11 is 5.82. The topological polar surface area (TPSA) is 3.24 Å². The lowest BCUT2D eigenvalue weighted by molar-refractivity contribution is 1.10. The van der Waals surface area contributed by atoms with Crippen molar-refractivity contribution >= 4 is 17.3 Å². The fraction of sp³-hybridized carbons (Fsp3) is 0.400. The van der Waals surface area contributed by atoms with Crippen molar-refractivity contribution < 1.29 is 0 Å². The number of hydrogen-bond acceptors (Lipinski definition) is 1. The highest BCUT2D eigenvalue weighted by atomic mass is 35.5. The Morgan fingerprint density at radius 1 is 1.33 bits per heavy atom. The van der Waals surface area contributed by atoms with Gasteiger partial charge in [-0.05, 0) is 18.6 Å². The Hall–Kier alpha value is -0.690. The molecule has 0 aliphatic heterocycles. The van der Waals surface area contributed by atoms with Gasteiger partial charge in [0, 0.05) is 25.7 Å². The zero-order chi connectivity index (χ0) is 9.14. The summed E-state index contributed by atoms with van der Waals surface area (Å²) in [6.07, 6.45) is 0. The zero-order valence-electron chi connectivity index (χ0n) is 7.76. The highest BCUT2D eigenvalue weighted by Gasteiger charge is 2.02. The second-order valence-corrected chi connectivity index (χ2v) is 3.43. The van der Waals surface area contributed by atoms with E-state index in [0.29, 0.717) is 5.88 Å². The smallest absolute Gasteiger partial charge is 0.0494 e. The van der Waals surface area contributed by atoms with Crippen molar-refractivity contribution in [1.29, 1.82) is 0 Å². The van der Waals surface area contributed by atoms with Gasteiger partial charge in [-0.1, -0.05) is 17.7 Å². The standard InChI is InChI=1S/C10H14ClN/c1-8-4-5-10(12(2)3)9(6-8)7-11/h4-6H,7H2,1-3H3. The lowest BCUT2D eigenvalue weighted by Gasteiger charge is -2.16. The Balaban J connectivity index is 3.11. The first kappa shape index (κ1) is 9.40. The second kappa shape index (κ2) is 3.81. The molecule has 1 aromatic carbocycles. The van der Waals surface area contributed by atoms with Crippen LogP contribution in [0.25, 0.3) is 0 Å². The molecule has 0 radical (unpaired) electrons. The molecule has 0 unspecified atom stereocenters. The first-order valence-electron chi connectivity index (χ1n) is 3.98. The van der Waals surface area contributed by atoms with Crippen LogP contribution in [0.1, 0.15) is 11.1 Å². The molecule has 0 fully saturated rings. The van der Waals surface area contributed by atoms with Crippen LogP contribution in [0.5, 0.6) is 0 Å². The van der Waals surface area contributed by atoms with Gasteiger partial charge in [0.15, 0.2) is 0 Å². The van der Waals surface area contributed by atoms with E-state index in [-0.39, 0.29) is 0 Å². The van der Waals surface area contributed by atoms with E-state index in [4.69, 9.17) is 11.6 Å². The van der Waals surface area contributed by atoms with Gasteiger partial charge in [-0.15, -0.1) is 11.6 Å². The number of rotatable bonds is 2. The first-order valence-corrected chi connectivity index (χ1v) is 4.51. The van der Waals surface area contributed by atoms with Crippen LogP contribution in [0.2, 0.25) is 0 Å². The number of alkyl halides is 1. The van der Waals surface area contributed by atoms with Crippen LogP contribution in [-0.4, -0.2) is 14.1 Å². The molecule has 0 aliphatic rings. The van der Waals surface area contributed by atoms with E-state index in [1.54, 1.807) is 0 Å². The summed E-state index contributed by atoms with van der Waals surface area (Å²) in [5.41, 5.74) is 3.66. The number of benzene rings is 1. The van der Waals surface area contributed by atoms with Crippen molar-refractivity contribution in [2.24, 2.45) is 0 Å². The largest absolute Gasteiger partial charge is 0.377 e. The van der Waals surface area contributed by atoms with Crippen LogP contribution < -0.4 is 4.90 Å². The number of aryl methyl sites for hydroxylation is 1. The van der Waals surface area contributed by atoms with Gasteiger partial charge in [-0.3, -0.25) is 0 Å². The summed E-state index contributed by atoms with van der Waals surface area (Å²) in [5, 5.41) is 0. The van der Waals surface area contributed by atoms with Crippen LogP contribution in [0.4, 0.5) is 5.69 Å². The number of nitrogens with zero attached hydrogens (tertiary/aromatic N) is 1. The molecule has 66 valence electrons. The predicted molar refractivity (Wildman–Crippen MR) is 55.1 cm³/mol. The fourth-order valence-electron chi connectivity index (χ4n) is 1.26. The maximum Gasteiger partial charge on any atom is 0.0494 e. The Bertz CT molecular complexity index is 269. The van der Waals surface area contributed by atoms with E-state index in [1.165, 1.54) is 16.8 Å². The first-order chi connectivity index (χ1) is 5.65. The molecule has 0 spiro atoms. The molecule has 0 aliphatic carbocycles. The zero-order valence-corrected chi connectivity index (χ0v) is 8.52. The van der Waals surface area contributed by atoms with E-state index in [0.717, 1.165) is 0 Å². The third-order valence-corrected chi connectivity index (χ3v) is 2.15. The minimum absolute atomic E-state index is 0.579. The average molecular weight is 184 g/mol. The highest BCUT2D eigenvalue weighted by molar-refractivity contribution is 6.17. The monoisotopic (exact) mass is 183 g/mol. The molecule has 2 heteroatoms. The Morgan fingerprint density at radius 2 is 2.00 bits per heavy atom. The number of halogens is 1. The molecule has 0 saturated heterocycles. The van der Waals surface area contributed by atoms with Gasteiger partial charge in [0.05, 0.1) is 0 Å².